The van der Waals surface area contributed by atoms with Gasteiger partial charge in [-0.1, -0.05) is 12.1 Å². The Bertz CT molecular complexity index is 455. The quantitative estimate of drug-likeness (QED) is 0.866. The van der Waals surface area contributed by atoms with Crippen LogP contribution < -0.4 is 10.5 Å². The van der Waals surface area contributed by atoms with E-state index in [2.05, 4.69) is 4.74 Å². The van der Waals surface area contributed by atoms with E-state index < -0.39 is 41.4 Å². The Labute approximate surface area is 109 Å². The second-order valence-corrected chi connectivity index (χ2v) is 3.95. The van der Waals surface area contributed by atoms with Crippen molar-refractivity contribution in [3.63, 3.8) is 0 Å². The van der Waals surface area contributed by atoms with Crippen LogP contribution in [0.4, 0.5) is 30.7 Å². The van der Waals surface area contributed by atoms with Crippen molar-refractivity contribution in [3.05, 3.63) is 29.6 Å². The summed E-state index contributed by atoms with van der Waals surface area (Å²) >= 11 is 0. The molecular weight excluding hydrogens is 295 g/mol. The van der Waals surface area contributed by atoms with Crippen molar-refractivity contribution in [3.8, 4) is 5.75 Å². The summed E-state index contributed by atoms with van der Waals surface area (Å²) in [4.78, 5) is 0. The van der Waals surface area contributed by atoms with Crippen LogP contribution in [-0.4, -0.2) is 19.5 Å². The minimum atomic E-state index is -5.65. The van der Waals surface area contributed by atoms with Crippen molar-refractivity contribution in [2.45, 2.75) is 18.4 Å². The van der Waals surface area contributed by atoms with Crippen LogP contribution in [0.25, 0.3) is 0 Å². The topological polar surface area (TPSA) is 35.2 Å². The Morgan fingerprint density at radius 1 is 1.05 bits per heavy atom. The van der Waals surface area contributed by atoms with E-state index in [1.807, 2.05) is 0 Å². The number of hydrogen-bond acceptors (Lipinski definition) is 2. The number of ether oxygens (including phenoxy) is 1. The largest absolute Gasteiger partial charge is 0.494 e. The fourth-order valence-corrected chi connectivity index (χ4v) is 1.72. The smallest absolute Gasteiger partial charge is 0.402 e. The molecule has 20 heavy (non-hydrogen) atoms. The molecule has 0 radical (unpaired) electrons. The molecule has 0 fully saturated rings. The van der Waals surface area contributed by atoms with E-state index in [1.54, 1.807) is 0 Å². The van der Waals surface area contributed by atoms with Crippen molar-refractivity contribution in [2.75, 3.05) is 7.11 Å². The Morgan fingerprint density at radius 3 is 1.95 bits per heavy atom. The molecule has 0 aliphatic rings. The summed E-state index contributed by atoms with van der Waals surface area (Å²) in [6.07, 6.45) is -11.3. The molecule has 0 heterocycles. The Balaban J connectivity index is 3.30. The predicted molar refractivity (Wildman–Crippen MR) is 55.5 cm³/mol. The number of hydrogen-bond donors (Lipinski definition) is 1. The molecule has 0 spiro atoms. The Kier molecular flexibility index (Phi) is 4.52. The van der Waals surface area contributed by atoms with E-state index in [0.717, 1.165) is 25.3 Å². The summed E-state index contributed by atoms with van der Waals surface area (Å²) in [5, 5.41) is 0. The third kappa shape index (κ3) is 3.33. The van der Waals surface area contributed by atoms with Gasteiger partial charge in [0.25, 0.3) is 0 Å². The molecular formula is C11H10F7NO. The third-order valence-electron chi connectivity index (χ3n) is 2.64. The highest BCUT2D eigenvalue weighted by Gasteiger charge is 2.60. The third-order valence-corrected chi connectivity index (χ3v) is 2.64. The van der Waals surface area contributed by atoms with Gasteiger partial charge in [0.15, 0.2) is 17.5 Å². The fourth-order valence-electron chi connectivity index (χ4n) is 1.72. The van der Waals surface area contributed by atoms with Gasteiger partial charge in [0.05, 0.1) is 13.2 Å². The molecule has 0 saturated heterocycles. The van der Waals surface area contributed by atoms with Gasteiger partial charge < -0.3 is 10.5 Å². The Hall–Kier alpha value is -1.51. The first-order chi connectivity index (χ1) is 9.00. The van der Waals surface area contributed by atoms with Gasteiger partial charge in [-0.2, -0.15) is 26.3 Å². The van der Waals surface area contributed by atoms with Gasteiger partial charge in [0.2, 0.25) is 0 Å². The molecule has 2 nitrogen and oxygen atoms in total. The van der Waals surface area contributed by atoms with E-state index in [9.17, 15) is 30.7 Å². The first-order valence-corrected chi connectivity index (χ1v) is 5.21. The molecule has 0 aliphatic carbocycles. The van der Waals surface area contributed by atoms with Crippen molar-refractivity contribution in [1.82, 2.24) is 0 Å². The highest BCUT2D eigenvalue weighted by Crippen LogP contribution is 2.46. The summed E-state index contributed by atoms with van der Waals surface area (Å²) in [5.41, 5.74) is 4.09. The average Bonchev–Trinajstić information content (AvgIpc) is 2.25. The number of benzene rings is 1. The van der Waals surface area contributed by atoms with Gasteiger partial charge in [0.1, 0.15) is 0 Å². The normalized spacial score (nSPS) is 14.5. The van der Waals surface area contributed by atoms with Gasteiger partial charge in [-0.05, 0) is 6.07 Å². The summed E-state index contributed by atoms with van der Waals surface area (Å²) in [6, 6.07) is 0.250. The number of nitrogens with two attached hydrogens (primary N) is 1. The van der Waals surface area contributed by atoms with Gasteiger partial charge >= 0.3 is 12.4 Å². The molecule has 0 aliphatic heterocycles. The lowest BCUT2D eigenvalue weighted by Gasteiger charge is -2.28. The molecule has 1 aromatic carbocycles. The van der Waals surface area contributed by atoms with Crippen molar-refractivity contribution < 1.29 is 35.5 Å². The number of halogens is 7. The SMILES string of the molecule is COc1cccc(C(N)C(C(F)(F)F)C(F)(F)F)c1F. The molecule has 0 amide bonds. The van der Waals surface area contributed by atoms with Crippen LogP contribution in [0.2, 0.25) is 0 Å². The molecule has 2 N–H and O–H groups in total. The summed E-state index contributed by atoms with van der Waals surface area (Å²) in [5.74, 6) is -5.70. The van der Waals surface area contributed by atoms with Gasteiger partial charge in [-0.3, -0.25) is 0 Å². The summed E-state index contributed by atoms with van der Waals surface area (Å²) in [7, 11) is 1.03. The molecule has 9 heteroatoms. The molecule has 0 saturated carbocycles. The monoisotopic (exact) mass is 305 g/mol. The second kappa shape index (κ2) is 5.47. The van der Waals surface area contributed by atoms with Crippen molar-refractivity contribution in [2.24, 2.45) is 11.7 Å². The highest BCUT2D eigenvalue weighted by atomic mass is 19.4. The zero-order valence-corrected chi connectivity index (χ0v) is 10.0. The van der Waals surface area contributed by atoms with E-state index in [4.69, 9.17) is 5.73 Å². The van der Waals surface area contributed by atoms with Crippen LogP contribution in [0.1, 0.15) is 11.6 Å². The van der Waals surface area contributed by atoms with Gasteiger partial charge in [-0.25, -0.2) is 4.39 Å². The minimum Gasteiger partial charge on any atom is -0.494 e. The van der Waals surface area contributed by atoms with Crippen LogP contribution in [0.5, 0.6) is 5.75 Å². The Morgan fingerprint density at radius 2 is 1.55 bits per heavy atom. The van der Waals surface area contributed by atoms with E-state index >= 15 is 0 Å². The van der Waals surface area contributed by atoms with Crippen molar-refractivity contribution in [1.29, 1.82) is 0 Å². The first kappa shape index (κ1) is 16.5. The molecule has 0 aromatic heterocycles. The van der Waals surface area contributed by atoms with E-state index in [-0.39, 0.29) is 0 Å². The first-order valence-electron chi connectivity index (χ1n) is 5.21. The van der Waals surface area contributed by atoms with Crippen LogP contribution in [0.3, 0.4) is 0 Å². The van der Waals surface area contributed by atoms with Gasteiger partial charge in [0, 0.05) is 5.56 Å². The lowest BCUT2D eigenvalue weighted by molar-refractivity contribution is -0.290. The number of alkyl halides is 6. The predicted octanol–water partition coefficient (Wildman–Crippen LogP) is 3.57. The number of rotatable bonds is 3. The molecule has 1 aromatic rings. The maximum atomic E-state index is 13.7. The lowest BCUT2D eigenvalue weighted by atomic mass is 9.92. The maximum absolute atomic E-state index is 13.7. The molecule has 1 atom stereocenters. The van der Waals surface area contributed by atoms with Crippen LogP contribution in [0, 0.1) is 11.7 Å². The molecule has 1 rings (SSSR count). The summed E-state index contributed by atoms with van der Waals surface area (Å²) < 4.78 is 93.3. The van der Waals surface area contributed by atoms with E-state index in [0.29, 0.717) is 0 Å². The highest BCUT2D eigenvalue weighted by molar-refractivity contribution is 5.33. The fraction of sp³-hybridized carbons (Fsp3) is 0.455. The standard InChI is InChI=1S/C11H10F7NO/c1-20-6-4-2-3-5(7(6)12)8(19)9(10(13,14)15)11(16,17)18/h2-4,8-9H,19H2,1H3. The van der Waals surface area contributed by atoms with Crippen LogP contribution in [-0.2, 0) is 0 Å². The molecule has 1 unspecified atom stereocenters. The number of methoxy groups -OCH3 is 1. The van der Waals surface area contributed by atoms with Crippen LogP contribution in [0.15, 0.2) is 18.2 Å². The maximum Gasteiger partial charge on any atom is 0.402 e. The second-order valence-electron chi connectivity index (χ2n) is 3.95. The zero-order chi connectivity index (χ0) is 15.7. The lowest BCUT2D eigenvalue weighted by Crippen LogP contribution is -2.44. The molecule has 0 bridgehead atoms. The minimum absolute atomic E-state index is 0.485. The molecule has 114 valence electrons. The van der Waals surface area contributed by atoms with Crippen LogP contribution >= 0.6 is 0 Å². The average molecular weight is 305 g/mol. The van der Waals surface area contributed by atoms with E-state index in [1.165, 1.54) is 0 Å². The van der Waals surface area contributed by atoms with Crippen molar-refractivity contribution >= 4 is 0 Å². The van der Waals surface area contributed by atoms with Gasteiger partial charge in [-0.15, -0.1) is 0 Å². The summed E-state index contributed by atoms with van der Waals surface area (Å²) in [6.45, 7) is 0. The zero-order valence-electron chi connectivity index (χ0n) is 10.0.